The van der Waals surface area contributed by atoms with Crippen molar-refractivity contribution >= 4 is 29.8 Å². The lowest BCUT2D eigenvalue weighted by Gasteiger charge is -2.14. The van der Waals surface area contributed by atoms with Crippen LogP contribution in [0.1, 0.15) is 6.42 Å². The Bertz CT molecular complexity index is 349. The first-order chi connectivity index (χ1) is 8.50. The van der Waals surface area contributed by atoms with E-state index < -0.39 is 18.0 Å². The van der Waals surface area contributed by atoms with Gasteiger partial charge in [-0.15, -0.1) is 0 Å². The van der Waals surface area contributed by atoms with Gasteiger partial charge in [0.05, 0.1) is 0 Å². The number of nitrogens with two attached hydrogens (primary N) is 1. The summed E-state index contributed by atoms with van der Waals surface area (Å²) in [5, 5.41) is 20.2. The molecular formula is C9H16N4O4S. The van der Waals surface area contributed by atoms with Crippen LogP contribution in [0.3, 0.4) is 0 Å². The quantitative estimate of drug-likeness (QED) is 0.336. The number of aliphatic carboxylic acids is 2. The third-order valence-electron chi connectivity index (χ3n) is 2.28. The van der Waals surface area contributed by atoms with Gasteiger partial charge >= 0.3 is 11.9 Å². The number of guanidine groups is 1. The number of carbonyl (C=O) groups is 2. The van der Waals surface area contributed by atoms with Crippen molar-refractivity contribution in [3.05, 3.63) is 0 Å². The fraction of sp³-hybridized carbons (Fsp3) is 0.667. The van der Waals surface area contributed by atoms with Crippen molar-refractivity contribution in [3.63, 3.8) is 0 Å². The molecule has 0 aromatic carbocycles. The SMILES string of the molecule is NC(CCS/N=C1\NCCN1CC(=O)O)C(=O)O. The number of carboxylic acids is 2. The molecule has 0 saturated carbocycles. The molecule has 1 fully saturated rings. The lowest BCUT2D eigenvalue weighted by molar-refractivity contribution is -0.139. The largest absolute Gasteiger partial charge is 0.480 e. The van der Waals surface area contributed by atoms with Gasteiger partial charge in [-0.3, -0.25) is 9.59 Å². The number of hydrogen-bond donors (Lipinski definition) is 4. The highest BCUT2D eigenvalue weighted by molar-refractivity contribution is 7.98. The van der Waals surface area contributed by atoms with E-state index in [0.29, 0.717) is 31.2 Å². The van der Waals surface area contributed by atoms with Gasteiger partial charge < -0.3 is 26.2 Å². The van der Waals surface area contributed by atoms with Gasteiger partial charge in [-0.05, 0) is 18.4 Å². The van der Waals surface area contributed by atoms with E-state index in [-0.39, 0.29) is 6.54 Å². The molecule has 5 N–H and O–H groups in total. The molecule has 0 radical (unpaired) electrons. The fourth-order valence-electron chi connectivity index (χ4n) is 1.34. The van der Waals surface area contributed by atoms with Crippen LogP contribution in [0, 0.1) is 0 Å². The highest BCUT2D eigenvalue weighted by Crippen LogP contribution is 2.09. The predicted octanol–water partition coefficient (Wildman–Crippen LogP) is -1.22. The summed E-state index contributed by atoms with van der Waals surface area (Å²) in [5.41, 5.74) is 5.34. The molecule has 1 heterocycles. The summed E-state index contributed by atoms with van der Waals surface area (Å²) in [6.45, 7) is 1.16. The first-order valence-corrected chi connectivity index (χ1v) is 6.34. The molecule has 1 rings (SSSR count). The van der Waals surface area contributed by atoms with Crippen molar-refractivity contribution in [1.82, 2.24) is 10.2 Å². The highest BCUT2D eigenvalue weighted by Gasteiger charge is 2.20. The van der Waals surface area contributed by atoms with E-state index in [4.69, 9.17) is 15.9 Å². The Morgan fingerprint density at radius 2 is 2.28 bits per heavy atom. The van der Waals surface area contributed by atoms with Gasteiger partial charge in [0.25, 0.3) is 0 Å². The van der Waals surface area contributed by atoms with E-state index in [0.717, 1.165) is 0 Å². The van der Waals surface area contributed by atoms with Crippen LogP contribution in [-0.2, 0) is 9.59 Å². The van der Waals surface area contributed by atoms with E-state index in [1.165, 1.54) is 11.9 Å². The van der Waals surface area contributed by atoms with Gasteiger partial charge in [0.15, 0.2) is 0 Å². The molecule has 9 heteroatoms. The maximum Gasteiger partial charge on any atom is 0.323 e. The van der Waals surface area contributed by atoms with Crippen molar-refractivity contribution in [3.8, 4) is 0 Å². The molecule has 18 heavy (non-hydrogen) atoms. The van der Waals surface area contributed by atoms with Crippen LogP contribution in [0.15, 0.2) is 4.40 Å². The normalized spacial score (nSPS) is 18.7. The smallest absolute Gasteiger partial charge is 0.323 e. The number of nitrogens with one attached hydrogen (secondary N) is 1. The molecule has 1 atom stereocenters. The van der Waals surface area contributed by atoms with E-state index >= 15 is 0 Å². The summed E-state index contributed by atoms with van der Waals surface area (Å²) >= 11 is 1.17. The van der Waals surface area contributed by atoms with E-state index in [9.17, 15) is 9.59 Å². The third-order valence-corrected chi connectivity index (χ3v) is 3.00. The third kappa shape index (κ3) is 4.80. The number of nitrogens with zero attached hydrogens (tertiary/aromatic N) is 2. The maximum absolute atomic E-state index is 10.6. The molecule has 0 spiro atoms. The van der Waals surface area contributed by atoms with Crippen LogP contribution in [0.5, 0.6) is 0 Å². The van der Waals surface area contributed by atoms with Crippen LogP contribution in [-0.4, -0.2) is 64.4 Å². The van der Waals surface area contributed by atoms with Gasteiger partial charge in [-0.1, -0.05) is 0 Å². The van der Waals surface area contributed by atoms with E-state index in [2.05, 4.69) is 9.71 Å². The predicted molar refractivity (Wildman–Crippen MR) is 67.3 cm³/mol. The Morgan fingerprint density at radius 1 is 1.56 bits per heavy atom. The molecule has 1 unspecified atom stereocenters. The van der Waals surface area contributed by atoms with Crippen molar-refractivity contribution in [2.75, 3.05) is 25.4 Å². The molecule has 1 aliphatic heterocycles. The second kappa shape index (κ2) is 7.07. The molecule has 0 aromatic rings. The molecule has 102 valence electrons. The minimum absolute atomic E-state index is 0.0962. The minimum Gasteiger partial charge on any atom is -0.480 e. The second-order valence-electron chi connectivity index (χ2n) is 3.72. The summed E-state index contributed by atoms with van der Waals surface area (Å²) in [4.78, 5) is 22.7. The van der Waals surface area contributed by atoms with Crippen LogP contribution < -0.4 is 11.1 Å². The molecular weight excluding hydrogens is 260 g/mol. The molecule has 1 aliphatic rings. The van der Waals surface area contributed by atoms with Crippen LogP contribution in [0.2, 0.25) is 0 Å². The average molecular weight is 276 g/mol. The van der Waals surface area contributed by atoms with Crippen LogP contribution in [0.4, 0.5) is 0 Å². The zero-order valence-electron chi connectivity index (χ0n) is 9.70. The van der Waals surface area contributed by atoms with Gasteiger partial charge in [0, 0.05) is 18.8 Å². The van der Waals surface area contributed by atoms with Crippen molar-refractivity contribution in [1.29, 1.82) is 0 Å². The maximum atomic E-state index is 10.6. The van der Waals surface area contributed by atoms with Crippen molar-refractivity contribution in [2.24, 2.45) is 10.1 Å². The second-order valence-corrected chi connectivity index (χ2v) is 4.57. The Morgan fingerprint density at radius 3 is 2.89 bits per heavy atom. The monoisotopic (exact) mass is 276 g/mol. The van der Waals surface area contributed by atoms with Gasteiger partial charge in [0.1, 0.15) is 12.6 Å². The first kappa shape index (κ1) is 14.6. The summed E-state index contributed by atoms with van der Waals surface area (Å²) < 4.78 is 4.13. The highest BCUT2D eigenvalue weighted by atomic mass is 32.2. The van der Waals surface area contributed by atoms with Crippen LogP contribution in [0.25, 0.3) is 0 Å². The van der Waals surface area contributed by atoms with Crippen LogP contribution >= 0.6 is 11.9 Å². The van der Waals surface area contributed by atoms with Crippen molar-refractivity contribution in [2.45, 2.75) is 12.5 Å². The lowest BCUT2D eigenvalue weighted by atomic mass is 10.2. The fourth-order valence-corrected chi connectivity index (χ4v) is 2.09. The van der Waals surface area contributed by atoms with Gasteiger partial charge in [-0.2, -0.15) is 4.40 Å². The van der Waals surface area contributed by atoms with Gasteiger partial charge in [-0.25, -0.2) is 0 Å². The summed E-state index contributed by atoms with van der Waals surface area (Å²) in [6.07, 6.45) is 0.315. The summed E-state index contributed by atoms with van der Waals surface area (Å²) in [7, 11) is 0. The number of hydrogen-bond acceptors (Lipinski definition) is 5. The zero-order valence-corrected chi connectivity index (χ0v) is 10.5. The number of carboxylic acid groups (broad SMARTS) is 2. The van der Waals surface area contributed by atoms with Gasteiger partial charge in [0.2, 0.25) is 5.96 Å². The molecule has 8 nitrogen and oxygen atoms in total. The molecule has 0 bridgehead atoms. The summed E-state index contributed by atoms with van der Waals surface area (Å²) in [5.74, 6) is -0.954. The average Bonchev–Trinajstić information content (AvgIpc) is 2.70. The Labute approximate surface area is 108 Å². The zero-order chi connectivity index (χ0) is 13.5. The lowest BCUT2D eigenvalue weighted by Crippen LogP contribution is -2.34. The Balaban J connectivity index is 2.32. The minimum atomic E-state index is -1.03. The van der Waals surface area contributed by atoms with E-state index in [1.54, 1.807) is 4.90 Å². The number of rotatable bonds is 7. The molecule has 0 aliphatic carbocycles. The Hall–Kier alpha value is -1.48. The molecule has 0 amide bonds. The Kier molecular flexibility index (Phi) is 5.72. The molecule has 1 saturated heterocycles. The van der Waals surface area contributed by atoms with E-state index in [1.807, 2.05) is 0 Å². The summed E-state index contributed by atoms with van der Waals surface area (Å²) in [6, 6.07) is -0.885. The topological polar surface area (TPSA) is 128 Å². The molecule has 0 aromatic heterocycles. The van der Waals surface area contributed by atoms with Crippen molar-refractivity contribution < 1.29 is 19.8 Å². The standard InChI is InChI=1S/C9H16N4O4S/c10-6(8(16)17)1-4-18-12-9-11-2-3-13(9)5-7(14)15/h6H,1-5,10H2,(H,11,12)(H,14,15)(H,16,17). The first-order valence-electron chi connectivity index (χ1n) is 5.39.